The third kappa shape index (κ3) is 4.03. The van der Waals surface area contributed by atoms with E-state index in [1.165, 1.54) is 12.1 Å². The summed E-state index contributed by atoms with van der Waals surface area (Å²) in [7, 11) is 0. The zero-order chi connectivity index (χ0) is 16.1. The molecule has 116 valence electrons. The number of hydrogen-bond donors (Lipinski definition) is 1. The van der Waals surface area contributed by atoms with E-state index >= 15 is 0 Å². The van der Waals surface area contributed by atoms with Crippen LogP contribution >= 0.6 is 0 Å². The number of carbonyl (C=O) groups excluding carboxylic acids is 1. The van der Waals surface area contributed by atoms with E-state index in [1.807, 2.05) is 22.9 Å². The molecule has 0 aliphatic rings. The topological polar surface area (TPSA) is 46.9 Å². The molecule has 23 heavy (non-hydrogen) atoms. The quantitative estimate of drug-likeness (QED) is 0.787. The number of nitrogens with zero attached hydrogens (tertiary/aromatic N) is 2. The Morgan fingerprint density at radius 2 is 1.74 bits per heavy atom. The normalized spacial score (nSPS) is 10.5. The number of aromatic nitrogens is 2. The number of nitrogens with one attached hydrogen (secondary N) is 1. The minimum absolute atomic E-state index is 0.150. The van der Waals surface area contributed by atoms with Crippen molar-refractivity contribution in [1.29, 1.82) is 0 Å². The van der Waals surface area contributed by atoms with Crippen LogP contribution in [0.25, 0.3) is 0 Å². The second kappa shape index (κ2) is 6.87. The van der Waals surface area contributed by atoms with E-state index in [0.717, 1.165) is 17.7 Å². The summed E-state index contributed by atoms with van der Waals surface area (Å²) in [6.45, 7) is 1.09. The van der Waals surface area contributed by atoms with E-state index in [2.05, 4.69) is 10.3 Å². The van der Waals surface area contributed by atoms with E-state index in [9.17, 15) is 9.18 Å². The van der Waals surface area contributed by atoms with Gasteiger partial charge in [-0.25, -0.2) is 9.37 Å². The van der Waals surface area contributed by atoms with Crippen LogP contribution in [0.5, 0.6) is 0 Å². The second-order valence-corrected chi connectivity index (χ2v) is 5.24. The Labute approximate surface area is 133 Å². The maximum atomic E-state index is 12.8. The Kier molecular flexibility index (Phi) is 4.47. The maximum Gasteiger partial charge on any atom is 0.251 e. The van der Waals surface area contributed by atoms with Crippen molar-refractivity contribution in [1.82, 2.24) is 14.9 Å². The number of benzene rings is 2. The average Bonchev–Trinajstić information content (AvgIpc) is 3.08. The molecule has 0 saturated carbocycles. The number of hydrogen-bond acceptors (Lipinski definition) is 2. The predicted molar refractivity (Wildman–Crippen MR) is 85.3 cm³/mol. The highest BCUT2D eigenvalue weighted by Gasteiger charge is 2.05. The van der Waals surface area contributed by atoms with E-state index in [1.54, 1.807) is 36.8 Å². The molecule has 3 aromatic rings. The number of amides is 1. The van der Waals surface area contributed by atoms with Crippen LogP contribution in [0.3, 0.4) is 0 Å². The fraction of sp³-hybridized carbons (Fsp3) is 0.111. The molecule has 3 rings (SSSR count). The third-order valence-electron chi connectivity index (χ3n) is 3.51. The number of rotatable bonds is 5. The van der Waals surface area contributed by atoms with Crippen molar-refractivity contribution in [2.45, 2.75) is 13.1 Å². The molecule has 0 saturated heterocycles. The van der Waals surface area contributed by atoms with Gasteiger partial charge in [0.05, 0.1) is 6.33 Å². The van der Waals surface area contributed by atoms with Crippen molar-refractivity contribution in [3.05, 3.63) is 89.8 Å². The molecule has 1 heterocycles. The third-order valence-corrected chi connectivity index (χ3v) is 3.51. The smallest absolute Gasteiger partial charge is 0.251 e. The first-order chi connectivity index (χ1) is 11.2. The van der Waals surface area contributed by atoms with Gasteiger partial charge in [-0.2, -0.15) is 0 Å². The lowest BCUT2D eigenvalue weighted by Gasteiger charge is -2.07. The molecule has 1 aromatic heterocycles. The summed E-state index contributed by atoms with van der Waals surface area (Å²) in [6, 6.07) is 13.5. The summed E-state index contributed by atoms with van der Waals surface area (Å²) in [6.07, 6.45) is 5.38. The number of imidazole rings is 1. The van der Waals surface area contributed by atoms with Crippen LogP contribution in [0.1, 0.15) is 21.5 Å². The first kappa shape index (κ1) is 15.0. The van der Waals surface area contributed by atoms with Gasteiger partial charge in [0, 0.05) is 31.0 Å². The molecule has 0 aliphatic heterocycles. The molecule has 4 nitrogen and oxygen atoms in total. The highest BCUT2D eigenvalue weighted by molar-refractivity contribution is 5.94. The van der Waals surface area contributed by atoms with Gasteiger partial charge >= 0.3 is 0 Å². The highest BCUT2D eigenvalue weighted by atomic mass is 19.1. The molecule has 5 heteroatoms. The molecule has 0 aliphatic carbocycles. The van der Waals surface area contributed by atoms with Crippen LogP contribution in [0.2, 0.25) is 0 Å². The Morgan fingerprint density at radius 1 is 1.04 bits per heavy atom. The maximum absolute atomic E-state index is 12.8. The van der Waals surface area contributed by atoms with E-state index in [0.29, 0.717) is 12.1 Å². The summed E-state index contributed by atoms with van der Waals surface area (Å²) in [4.78, 5) is 16.1. The van der Waals surface area contributed by atoms with Gasteiger partial charge in [-0.1, -0.05) is 24.3 Å². The number of carbonyl (C=O) groups is 1. The molecule has 0 atom stereocenters. The average molecular weight is 309 g/mol. The zero-order valence-electron chi connectivity index (χ0n) is 12.4. The van der Waals surface area contributed by atoms with Gasteiger partial charge in [-0.05, 0) is 35.4 Å². The minimum Gasteiger partial charge on any atom is -0.348 e. The number of halogens is 1. The van der Waals surface area contributed by atoms with Crippen molar-refractivity contribution in [3.63, 3.8) is 0 Å². The van der Waals surface area contributed by atoms with Crippen LogP contribution < -0.4 is 5.32 Å². The first-order valence-electron chi connectivity index (χ1n) is 7.28. The van der Waals surface area contributed by atoms with Crippen LogP contribution in [0.15, 0.2) is 67.3 Å². The van der Waals surface area contributed by atoms with Crippen LogP contribution in [0.4, 0.5) is 4.39 Å². The molecule has 2 aromatic carbocycles. The Morgan fingerprint density at radius 3 is 2.39 bits per heavy atom. The summed E-state index contributed by atoms with van der Waals surface area (Å²) in [5.41, 5.74) is 2.55. The molecule has 1 N–H and O–H groups in total. The monoisotopic (exact) mass is 309 g/mol. The molecular weight excluding hydrogens is 293 g/mol. The van der Waals surface area contributed by atoms with Crippen molar-refractivity contribution >= 4 is 5.91 Å². The van der Waals surface area contributed by atoms with E-state index in [-0.39, 0.29) is 11.7 Å². The fourth-order valence-corrected chi connectivity index (χ4v) is 2.24. The lowest BCUT2D eigenvalue weighted by atomic mass is 10.1. The standard InChI is InChI=1S/C18H16FN3O/c19-17-7-3-14(4-8-17)11-21-18(23)16-5-1-15(2-6-16)12-22-10-9-20-13-22/h1-10,13H,11-12H2,(H,21,23). The molecule has 0 radical (unpaired) electrons. The van der Waals surface area contributed by atoms with Gasteiger partial charge in [0.2, 0.25) is 0 Å². The van der Waals surface area contributed by atoms with Crippen LogP contribution in [-0.2, 0) is 13.1 Å². The van der Waals surface area contributed by atoms with Crippen molar-refractivity contribution < 1.29 is 9.18 Å². The zero-order valence-corrected chi connectivity index (χ0v) is 12.4. The van der Waals surface area contributed by atoms with Gasteiger partial charge in [0.25, 0.3) is 5.91 Å². The van der Waals surface area contributed by atoms with Gasteiger partial charge in [0.15, 0.2) is 0 Å². The van der Waals surface area contributed by atoms with Gasteiger partial charge in [0.1, 0.15) is 5.82 Å². The first-order valence-corrected chi connectivity index (χ1v) is 7.28. The molecule has 0 unspecified atom stereocenters. The van der Waals surface area contributed by atoms with E-state index < -0.39 is 0 Å². The summed E-state index contributed by atoms with van der Waals surface area (Å²) >= 11 is 0. The molecule has 0 bridgehead atoms. The summed E-state index contributed by atoms with van der Waals surface area (Å²) < 4.78 is 14.8. The van der Waals surface area contributed by atoms with Gasteiger partial charge < -0.3 is 9.88 Å². The molecular formula is C18H16FN3O. The van der Waals surface area contributed by atoms with Crippen LogP contribution in [0, 0.1) is 5.82 Å². The summed E-state index contributed by atoms with van der Waals surface area (Å²) in [5, 5.41) is 2.82. The Bertz CT molecular complexity index is 765. The van der Waals surface area contributed by atoms with Gasteiger partial charge in [-0.15, -0.1) is 0 Å². The fourth-order valence-electron chi connectivity index (χ4n) is 2.24. The van der Waals surface area contributed by atoms with E-state index in [4.69, 9.17) is 0 Å². The summed E-state index contributed by atoms with van der Waals surface area (Å²) in [5.74, 6) is -0.433. The van der Waals surface area contributed by atoms with Crippen molar-refractivity contribution in [2.24, 2.45) is 0 Å². The Hall–Kier alpha value is -2.95. The van der Waals surface area contributed by atoms with Crippen molar-refractivity contribution in [3.8, 4) is 0 Å². The largest absolute Gasteiger partial charge is 0.348 e. The van der Waals surface area contributed by atoms with Gasteiger partial charge in [-0.3, -0.25) is 4.79 Å². The van der Waals surface area contributed by atoms with Crippen LogP contribution in [-0.4, -0.2) is 15.5 Å². The minimum atomic E-state index is -0.284. The molecule has 1 amide bonds. The molecule has 0 spiro atoms. The lowest BCUT2D eigenvalue weighted by molar-refractivity contribution is 0.0951. The lowest BCUT2D eigenvalue weighted by Crippen LogP contribution is -2.22. The SMILES string of the molecule is O=C(NCc1ccc(F)cc1)c1ccc(Cn2ccnc2)cc1. The highest BCUT2D eigenvalue weighted by Crippen LogP contribution is 2.07. The molecule has 0 fully saturated rings. The van der Waals surface area contributed by atoms with Crippen molar-refractivity contribution in [2.75, 3.05) is 0 Å². The predicted octanol–water partition coefficient (Wildman–Crippen LogP) is 3.00. The Balaban J connectivity index is 1.58. The second-order valence-electron chi connectivity index (χ2n) is 5.24.